The highest BCUT2D eigenvalue weighted by atomic mass is 16.7. The molecule has 3 nitrogen and oxygen atoms in total. The summed E-state index contributed by atoms with van der Waals surface area (Å²) in [5, 5.41) is 10.7. The maximum Gasteiger partial charge on any atom is 0.176 e. The van der Waals surface area contributed by atoms with Gasteiger partial charge in [0.25, 0.3) is 0 Å². The molecule has 3 heteroatoms. The minimum Gasteiger partial charge on any atom is -0.392 e. The van der Waals surface area contributed by atoms with Crippen LogP contribution in [-0.2, 0) is 9.47 Å². The van der Waals surface area contributed by atoms with Gasteiger partial charge in [-0.1, -0.05) is 25.0 Å². The van der Waals surface area contributed by atoms with Gasteiger partial charge in [0.1, 0.15) is 0 Å². The van der Waals surface area contributed by atoms with E-state index in [4.69, 9.17) is 9.47 Å². The van der Waals surface area contributed by atoms with Gasteiger partial charge in [0.2, 0.25) is 0 Å². The third kappa shape index (κ3) is 1.84. The third-order valence-electron chi connectivity index (χ3n) is 5.03. The minimum atomic E-state index is -0.516. The highest BCUT2D eigenvalue weighted by molar-refractivity contribution is 5.08. The molecule has 0 aromatic carbocycles. The van der Waals surface area contributed by atoms with E-state index in [9.17, 15) is 5.11 Å². The molecular formula is C15H24O3. The van der Waals surface area contributed by atoms with Crippen LogP contribution in [-0.4, -0.2) is 30.2 Å². The van der Waals surface area contributed by atoms with Gasteiger partial charge < -0.3 is 14.6 Å². The lowest BCUT2D eigenvalue weighted by atomic mass is 9.68. The first kappa shape index (κ1) is 12.6. The van der Waals surface area contributed by atoms with E-state index in [2.05, 4.69) is 12.2 Å². The molecule has 1 aliphatic heterocycles. The zero-order valence-electron chi connectivity index (χ0n) is 11.1. The first-order chi connectivity index (χ1) is 8.79. The minimum absolute atomic E-state index is 0.215. The van der Waals surface area contributed by atoms with Gasteiger partial charge in [0.05, 0.1) is 24.7 Å². The molecule has 3 rings (SSSR count). The molecule has 1 saturated carbocycles. The van der Waals surface area contributed by atoms with Crippen molar-refractivity contribution in [1.29, 1.82) is 0 Å². The molecule has 0 amide bonds. The van der Waals surface area contributed by atoms with Crippen molar-refractivity contribution in [2.45, 2.75) is 63.3 Å². The summed E-state index contributed by atoms with van der Waals surface area (Å²) in [6.07, 6.45) is 12.4. The van der Waals surface area contributed by atoms with Gasteiger partial charge in [-0.2, -0.15) is 0 Å². The van der Waals surface area contributed by atoms with Crippen LogP contribution in [0.1, 0.15) is 51.4 Å². The topological polar surface area (TPSA) is 38.7 Å². The predicted molar refractivity (Wildman–Crippen MR) is 69.2 cm³/mol. The molecule has 0 bridgehead atoms. The number of hydrogen-bond donors (Lipinski definition) is 1. The molecular weight excluding hydrogens is 228 g/mol. The van der Waals surface area contributed by atoms with Crippen LogP contribution < -0.4 is 0 Å². The molecule has 1 heterocycles. The molecule has 2 atom stereocenters. The number of allylic oxidation sites excluding steroid dienone is 2. The van der Waals surface area contributed by atoms with Crippen LogP contribution in [0.4, 0.5) is 0 Å². The summed E-state index contributed by atoms with van der Waals surface area (Å²) < 4.78 is 12.1. The van der Waals surface area contributed by atoms with E-state index in [0.717, 1.165) is 38.5 Å². The van der Waals surface area contributed by atoms with Crippen molar-refractivity contribution >= 4 is 0 Å². The SMILES string of the molecule is O[C@@H]1CCC=CC[C@@]12CCCCCC21OCCO1. The zero-order chi connectivity index (χ0) is 12.5. The fourth-order valence-corrected chi connectivity index (χ4v) is 4.06. The lowest BCUT2D eigenvalue weighted by Gasteiger charge is -2.48. The number of aliphatic hydroxyl groups excluding tert-OH is 1. The second kappa shape index (κ2) is 4.95. The molecule has 0 unspecified atom stereocenters. The molecule has 0 aromatic heterocycles. The fraction of sp³-hybridized carbons (Fsp3) is 0.867. The molecule has 102 valence electrons. The summed E-state index contributed by atoms with van der Waals surface area (Å²) in [6.45, 7) is 1.36. The maximum atomic E-state index is 10.7. The third-order valence-corrected chi connectivity index (χ3v) is 5.03. The lowest BCUT2D eigenvalue weighted by molar-refractivity contribution is -0.268. The smallest absolute Gasteiger partial charge is 0.176 e. The Morgan fingerprint density at radius 1 is 1.00 bits per heavy atom. The number of aliphatic hydroxyl groups is 1. The van der Waals surface area contributed by atoms with E-state index in [1.165, 1.54) is 12.8 Å². The summed E-state index contributed by atoms with van der Waals surface area (Å²) in [6, 6.07) is 0. The van der Waals surface area contributed by atoms with Crippen molar-refractivity contribution in [3.05, 3.63) is 12.2 Å². The molecule has 0 radical (unpaired) electrons. The lowest BCUT2D eigenvalue weighted by Crippen LogP contribution is -2.55. The number of fused-ring (bicyclic) bond motifs is 1. The second-order valence-corrected chi connectivity index (χ2v) is 5.94. The average Bonchev–Trinajstić information content (AvgIpc) is 2.67. The van der Waals surface area contributed by atoms with Gasteiger partial charge in [-0.3, -0.25) is 0 Å². The Morgan fingerprint density at radius 3 is 2.61 bits per heavy atom. The van der Waals surface area contributed by atoms with Crippen molar-refractivity contribution in [2.24, 2.45) is 5.41 Å². The van der Waals surface area contributed by atoms with Gasteiger partial charge >= 0.3 is 0 Å². The molecule has 2 spiro atoms. The highest BCUT2D eigenvalue weighted by Gasteiger charge is 2.58. The normalized spacial score (nSPS) is 39.9. The van der Waals surface area contributed by atoms with E-state index in [-0.39, 0.29) is 11.5 Å². The van der Waals surface area contributed by atoms with Crippen LogP contribution in [0.3, 0.4) is 0 Å². The monoisotopic (exact) mass is 252 g/mol. The van der Waals surface area contributed by atoms with Gasteiger partial charge in [0.15, 0.2) is 5.79 Å². The Hall–Kier alpha value is -0.380. The Kier molecular flexibility index (Phi) is 3.48. The Bertz CT molecular complexity index is 320. The first-order valence-electron chi connectivity index (χ1n) is 7.40. The first-order valence-corrected chi connectivity index (χ1v) is 7.40. The highest BCUT2D eigenvalue weighted by Crippen LogP contribution is 2.54. The van der Waals surface area contributed by atoms with E-state index >= 15 is 0 Å². The largest absolute Gasteiger partial charge is 0.392 e. The Balaban J connectivity index is 1.99. The van der Waals surface area contributed by atoms with Crippen LogP contribution in [0.25, 0.3) is 0 Å². The maximum absolute atomic E-state index is 10.7. The summed E-state index contributed by atoms with van der Waals surface area (Å²) >= 11 is 0. The van der Waals surface area contributed by atoms with E-state index in [1.54, 1.807) is 0 Å². The number of hydrogen-bond acceptors (Lipinski definition) is 3. The van der Waals surface area contributed by atoms with E-state index < -0.39 is 5.79 Å². The molecule has 18 heavy (non-hydrogen) atoms. The molecule has 2 aliphatic carbocycles. The van der Waals surface area contributed by atoms with Crippen LogP contribution >= 0.6 is 0 Å². The summed E-state index contributed by atoms with van der Waals surface area (Å²) in [4.78, 5) is 0. The van der Waals surface area contributed by atoms with Crippen LogP contribution in [0.15, 0.2) is 12.2 Å². The fourth-order valence-electron chi connectivity index (χ4n) is 4.06. The van der Waals surface area contributed by atoms with Crippen molar-refractivity contribution < 1.29 is 14.6 Å². The Labute approximate surface area is 109 Å². The van der Waals surface area contributed by atoms with E-state index in [0.29, 0.717) is 13.2 Å². The Morgan fingerprint density at radius 2 is 1.78 bits per heavy atom. The van der Waals surface area contributed by atoms with Crippen LogP contribution in [0.2, 0.25) is 0 Å². The second-order valence-electron chi connectivity index (χ2n) is 5.94. The van der Waals surface area contributed by atoms with Crippen molar-refractivity contribution in [1.82, 2.24) is 0 Å². The van der Waals surface area contributed by atoms with E-state index in [1.807, 2.05) is 0 Å². The number of rotatable bonds is 0. The summed E-state index contributed by atoms with van der Waals surface area (Å²) in [5.74, 6) is -0.516. The summed E-state index contributed by atoms with van der Waals surface area (Å²) in [7, 11) is 0. The van der Waals surface area contributed by atoms with Gasteiger partial charge in [-0.15, -0.1) is 0 Å². The predicted octanol–water partition coefficient (Wildman–Crippen LogP) is 2.78. The number of ether oxygens (including phenoxy) is 2. The molecule has 2 fully saturated rings. The van der Waals surface area contributed by atoms with Crippen LogP contribution in [0, 0.1) is 5.41 Å². The van der Waals surface area contributed by atoms with Crippen molar-refractivity contribution in [2.75, 3.05) is 13.2 Å². The molecule has 3 aliphatic rings. The molecule has 0 aromatic rings. The molecule has 1 N–H and O–H groups in total. The summed E-state index contributed by atoms with van der Waals surface area (Å²) in [5.41, 5.74) is -0.215. The molecule has 1 saturated heterocycles. The van der Waals surface area contributed by atoms with Gasteiger partial charge in [-0.25, -0.2) is 0 Å². The quantitative estimate of drug-likeness (QED) is 0.674. The van der Waals surface area contributed by atoms with Crippen molar-refractivity contribution in [3.63, 3.8) is 0 Å². The average molecular weight is 252 g/mol. The zero-order valence-corrected chi connectivity index (χ0v) is 11.1. The van der Waals surface area contributed by atoms with Crippen LogP contribution in [0.5, 0.6) is 0 Å². The van der Waals surface area contributed by atoms with Gasteiger partial charge in [0, 0.05) is 6.42 Å². The van der Waals surface area contributed by atoms with Crippen molar-refractivity contribution in [3.8, 4) is 0 Å². The van der Waals surface area contributed by atoms with Gasteiger partial charge in [-0.05, 0) is 32.1 Å². The standard InChI is InChI=1S/C15H24O3/c16-13-7-3-1-4-8-14(13)9-5-2-6-10-15(14)17-11-12-18-15/h1,4,13,16H,2-3,5-12H2/t13-,14-/m1/s1.